The van der Waals surface area contributed by atoms with E-state index in [2.05, 4.69) is 19.9 Å². The molecule has 0 heterocycles. The Morgan fingerprint density at radius 2 is 1.96 bits per heavy atom. The third kappa shape index (κ3) is 3.08. The van der Waals surface area contributed by atoms with Gasteiger partial charge >= 0.3 is 0 Å². The Morgan fingerprint density at radius 1 is 1.25 bits per heavy atom. The van der Waals surface area contributed by atoms with Crippen molar-refractivity contribution in [2.45, 2.75) is 50.8 Å². The smallest absolute Gasteiger partial charge is 0.178 e. The highest BCUT2D eigenvalue weighted by Gasteiger charge is 2.47. The van der Waals surface area contributed by atoms with E-state index in [0.29, 0.717) is 23.5 Å². The van der Waals surface area contributed by atoms with Crippen LogP contribution in [-0.2, 0) is 14.6 Å². The Bertz CT molecular complexity index is 748. The second-order valence-corrected chi connectivity index (χ2v) is 9.62. The predicted octanol–water partition coefficient (Wildman–Crippen LogP) is 4.19. The standard InChI is InChI=1S/C20H26O3S/c1-15(12-14-24(22,23)16-7-4-3-5-8-16)17-10-11-18-19(21)9-6-13-20(17,18)2/h3-5,7-8,10,15,18H,6,9,11-14H2,1-2H3/t15-,18+,20-/m1/s1. The Kier molecular flexibility index (Phi) is 4.69. The van der Waals surface area contributed by atoms with Gasteiger partial charge in [-0.25, -0.2) is 8.42 Å². The van der Waals surface area contributed by atoms with Gasteiger partial charge in [-0.2, -0.15) is 0 Å². The minimum atomic E-state index is -3.24. The molecule has 2 aliphatic carbocycles. The molecule has 0 saturated heterocycles. The Morgan fingerprint density at radius 3 is 2.67 bits per heavy atom. The number of carbonyl (C=O) groups excluding carboxylic acids is 1. The monoisotopic (exact) mass is 346 g/mol. The van der Waals surface area contributed by atoms with Crippen LogP contribution in [0.1, 0.15) is 46.0 Å². The molecule has 3 atom stereocenters. The second kappa shape index (κ2) is 6.47. The first-order chi connectivity index (χ1) is 11.3. The van der Waals surface area contributed by atoms with E-state index in [1.165, 1.54) is 5.57 Å². The molecule has 0 spiro atoms. The third-order valence-corrected chi connectivity index (χ3v) is 7.73. The Balaban J connectivity index is 1.70. The van der Waals surface area contributed by atoms with Crippen molar-refractivity contribution >= 4 is 15.6 Å². The van der Waals surface area contributed by atoms with E-state index < -0.39 is 9.84 Å². The van der Waals surface area contributed by atoms with Crippen molar-refractivity contribution in [3.05, 3.63) is 42.0 Å². The van der Waals surface area contributed by atoms with Gasteiger partial charge in [0.25, 0.3) is 0 Å². The lowest BCUT2D eigenvalue weighted by molar-refractivity contribution is -0.128. The molecule has 1 saturated carbocycles. The maximum absolute atomic E-state index is 12.5. The molecule has 0 unspecified atom stereocenters. The van der Waals surface area contributed by atoms with Gasteiger partial charge < -0.3 is 0 Å². The largest absolute Gasteiger partial charge is 0.299 e. The van der Waals surface area contributed by atoms with Crippen LogP contribution < -0.4 is 0 Å². The number of carbonyl (C=O) groups is 1. The van der Waals surface area contributed by atoms with Gasteiger partial charge in [-0.15, -0.1) is 0 Å². The summed E-state index contributed by atoms with van der Waals surface area (Å²) in [6.45, 7) is 4.31. The minimum absolute atomic E-state index is 0.0503. The summed E-state index contributed by atoms with van der Waals surface area (Å²) < 4.78 is 25.0. The topological polar surface area (TPSA) is 51.2 Å². The molecular weight excluding hydrogens is 320 g/mol. The van der Waals surface area contributed by atoms with E-state index in [-0.39, 0.29) is 23.0 Å². The predicted molar refractivity (Wildman–Crippen MR) is 95.4 cm³/mol. The lowest BCUT2D eigenvalue weighted by Gasteiger charge is -2.40. The van der Waals surface area contributed by atoms with E-state index >= 15 is 0 Å². The molecule has 1 aromatic carbocycles. The molecule has 0 radical (unpaired) electrons. The fourth-order valence-corrected chi connectivity index (χ4v) is 6.02. The van der Waals surface area contributed by atoms with Crippen LogP contribution in [0.3, 0.4) is 0 Å². The van der Waals surface area contributed by atoms with E-state index in [1.807, 2.05) is 6.07 Å². The second-order valence-electron chi connectivity index (χ2n) is 7.51. The number of Topliss-reactive ketones (excluding diaryl/α,β-unsaturated/α-hetero) is 1. The van der Waals surface area contributed by atoms with Gasteiger partial charge in [0.15, 0.2) is 9.84 Å². The van der Waals surface area contributed by atoms with E-state index in [0.717, 1.165) is 19.3 Å². The summed E-state index contributed by atoms with van der Waals surface area (Å²) in [7, 11) is -3.24. The maximum atomic E-state index is 12.5. The van der Waals surface area contributed by atoms with E-state index in [1.54, 1.807) is 24.3 Å². The van der Waals surface area contributed by atoms with Crippen molar-refractivity contribution in [1.29, 1.82) is 0 Å². The maximum Gasteiger partial charge on any atom is 0.178 e. The SMILES string of the molecule is C[C@H](CCS(=O)(=O)c1ccccc1)C1=CC[C@H]2C(=O)CCC[C@]12C. The molecule has 2 aliphatic rings. The Labute approximate surface area is 145 Å². The third-order valence-electron chi connectivity index (χ3n) is 5.96. The molecule has 1 fully saturated rings. The first-order valence-corrected chi connectivity index (χ1v) is 10.5. The zero-order chi connectivity index (χ0) is 17.4. The van der Waals surface area contributed by atoms with Crippen molar-refractivity contribution < 1.29 is 13.2 Å². The van der Waals surface area contributed by atoms with Crippen LogP contribution in [0.4, 0.5) is 0 Å². The summed E-state index contributed by atoms with van der Waals surface area (Å²) in [5.74, 6) is 0.863. The molecule has 3 nitrogen and oxygen atoms in total. The minimum Gasteiger partial charge on any atom is -0.299 e. The summed E-state index contributed by atoms with van der Waals surface area (Å²) >= 11 is 0. The van der Waals surface area contributed by atoms with Crippen LogP contribution in [0.5, 0.6) is 0 Å². The molecule has 130 valence electrons. The van der Waals surface area contributed by atoms with E-state index in [9.17, 15) is 13.2 Å². The zero-order valence-corrected chi connectivity index (χ0v) is 15.3. The molecular formula is C20H26O3S. The summed E-state index contributed by atoms with van der Waals surface area (Å²) in [6.07, 6.45) is 6.37. The number of sulfone groups is 1. The van der Waals surface area contributed by atoms with Crippen LogP contribution in [-0.4, -0.2) is 20.0 Å². The van der Waals surface area contributed by atoms with Gasteiger partial charge in [0.2, 0.25) is 0 Å². The molecule has 24 heavy (non-hydrogen) atoms. The summed E-state index contributed by atoms with van der Waals surface area (Å²) in [5.41, 5.74) is 1.26. The van der Waals surface area contributed by atoms with Gasteiger partial charge in [0, 0.05) is 12.3 Å². The number of fused-ring (bicyclic) bond motifs is 1. The first-order valence-electron chi connectivity index (χ1n) is 8.85. The molecule has 3 rings (SSSR count). The van der Waals surface area contributed by atoms with Gasteiger partial charge in [0.05, 0.1) is 10.6 Å². The fraction of sp³-hybridized carbons (Fsp3) is 0.550. The van der Waals surface area contributed by atoms with Crippen molar-refractivity contribution in [1.82, 2.24) is 0 Å². The van der Waals surface area contributed by atoms with Crippen molar-refractivity contribution in [3.63, 3.8) is 0 Å². The first kappa shape index (κ1) is 17.4. The molecule has 0 amide bonds. The van der Waals surface area contributed by atoms with Crippen LogP contribution in [0.2, 0.25) is 0 Å². The molecule has 0 aliphatic heterocycles. The van der Waals surface area contributed by atoms with Crippen molar-refractivity contribution in [2.75, 3.05) is 5.75 Å². The van der Waals surface area contributed by atoms with Crippen LogP contribution in [0.15, 0.2) is 46.9 Å². The molecule has 1 aromatic rings. The summed E-state index contributed by atoms with van der Waals surface area (Å²) in [6, 6.07) is 8.66. The highest BCUT2D eigenvalue weighted by Crippen LogP contribution is 2.53. The van der Waals surface area contributed by atoms with Crippen molar-refractivity contribution in [3.8, 4) is 0 Å². The lowest BCUT2D eigenvalue weighted by Crippen LogP contribution is -2.37. The number of rotatable bonds is 5. The Hall–Kier alpha value is -1.42. The number of allylic oxidation sites excluding steroid dienone is 2. The highest BCUT2D eigenvalue weighted by molar-refractivity contribution is 7.91. The normalized spacial score (nSPS) is 28.3. The molecule has 0 N–H and O–H groups in total. The average Bonchev–Trinajstić information content (AvgIpc) is 2.92. The van der Waals surface area contributed by atoms with E-state index in [4.69, 9.17) is 0 Å². The number of hydrogen-bond donors (Lipinski definition) is 0. The summed E-state index contributed by atoms with van der Waals surface area (Å²) in [5, 5.41) is 0. The lowest BCUT2D eigenvalue weighted by atomic mass is 9.63. The number of benzene rings is 1. The fourth-order valence-electron chi connectivity index (χ4n) is 4.55. The highest BCUT2D eigenvalue weighted by atomic mass is 32.2. The summed E-state index contributed by atoms with van der Waals surface area (Å²) in [4.78, 5) is 12.6. The average molecular weight is 346 g/mol. The van der Waals surface area contributed by atoms with Gasteiger partial charge in [-0.3, -0.25) is 4.79 Å². The number of hydrogen-bond acceptors (Lipinski definition) is 3. The molecule has 4 heteroatoms. The van der Waals surface area contributed by atoms with Crippen LogP contribution >= 0.6 is 0 Å². The van der Waals surface area contributed by atoms with Gasteiger partial charge in [0.1, 0.15) is 5.78 Å². The quantitative estimate of drug-likeness (QED) is 0.751. The van der Waals surface area contributed by atoms with Gasteiger partial charge in [-0.05, 0) is 49.1 Å². The number of ketones is 1. The van der Waals surface area contributed by atoms with Crippen LogP contribution in [0.25, 0.3) is 0 Å². The van der Waals surface area contributed by atoms with Gasteiger partial charge in [-0.1, -0.05) is 43.7 Å². The van der Waals surface area contributed by atoms with Crippen molar-refractivity contribution in [2.24, 2.45) is 17.3 Å². The molecule has 0 bridgehead atoms. The van der Waals surface area contributed by atoms with Crippen LogP contribution in [0, 0.1) is 17.3 Å². The molecule has 0 aromatic heterocycles. The zero-order valence-electron chi connectivity index (χ0n) is 14.5.